The first-order chi connectivity index (χ1) is 12.6. The minimum atomic E-state index is -0.710. The van der Waals surface area contributed by atoms with Crippen LogP contribution < -0.4 is 10.1 Å². The molecule has 6 nitrogen and oxygen atoms in total. The number of aromatic nitrogens is 1. The largest absolute Gasteiger partial charge is 0.497 e. The van der Waals surface area contributed by atoms with Crippen molar-refractivity contribution >= 4 is 39.1 Å². The first kappa shape index (κ1) is 18.7. The van der Waals surface area contributed by atoms with Crippen molar-refractivity contribution < 1.29 is 19.7 Å². The number of fused-ring (bicyclic) bond motifs is 2. The number of aliphatic hydroxyl groups is 2. The molecule has 1 atom stereocenters. The van der Waals surface area contributed by atoms with Gasteiger partial charge in [0.1, 0.15) is 5.75 Å². The molecule has 0 bridgehead atoms. The summed E-state index contributed by atoms with van der Waals surface area (Å²) in [5, 5.41) is 24.5. The van der Waals surface area contributed by atoms with Gasteiger partial charge in [-0.3, -0.25) is 0 Å². The molecule has 1 unspecified atom stereocenters. The Bertz CT molecular complexity index is 903. The second-order valence-electron chi connectivity index (χ2n) is 5.86. The molecular formula is C19H21ClN2O4. The van der Waals surface area contributed by atoms with E-state index in [4.69, 9.17) is 26.2 Å². The number of nitrogens with zero attached hydrogens (tertiary/aromatic N) is 1. The fraction of sp³-hybridized carbons (Fsp3) is 0.316. The first-order valence-electron chi connectivity index (χ1n) is 8.30. The molecule has 1 heterocycles. The van der Waals surface area contributed by atoms with Crippen molar-refractivity contribution in [3.8, 4) is 5.75 Å². The maximum atomic E-state index is 10.1. The predicted octanol–water partition coefficient (Wildman–Crippen LogP) is 2.83. The van der Waals surface area contributed by atoms with E-state index in [1.54, 1.807) is 7.11 Å². The van der Waals surface area contributed by atoms with Crippen LogP contribution in [0.5, 0.6) is 5.75 Å². The molecule has 2 aromatic carbocycles. The van der Waals surface area contributed by atoms with Crippen LogP contribution in [0, 0.1) is 0 Å². The van der Waals surface area contributed by atoms with Gasteiger partial charge in [0, 0.05) is 22.3 Å². The van der Waals surface area contributed by atoms with Crippen molar-refractivity contribution in [1.82, 2.24) is 4.98 Å². The zero-order valence-electron chi connectivity index (χ0n) is 14.4. The maximum absolute atomic E-state index is 10.1. The third-order valence-corrected chi connectivity index (χ3v) is 4.24. The fourth-order valence-electron chi connectivity index (χ4n) is 2.78. The normalized spacial score (nSPS) is 12.5. The number of nitrogens with one attached hydrogen (secondary N) is 1. The van der Waals surface area contributed by atoms with E-state index in [2.05, 4.69) is 10.3 Å². The van der Waals surface area contributed by atoms with Gasteiger partial charge in [-0.2, -0.15) is 0 Å². The van der Waals surface area contributed by atoms with Crippen LogP contribution in [0.1, 0.15) is 0 Å². The molecule has 0 aliphatic rings. The molecule has 0 fully saturated rings. The van der Waals surface area contributed by atoms with E-state index < -0.39 is 6.10 Å². The monoisotopic (exact) mass is 376 g/mol. The average molecular weight is 377 g/mol. The molecular weight excluding hydrogens is 356 g/mol. The van der Waals surface area contributed by atoms with Crippen molar-refractivity contribution in [3.05, 3.63) is 41.4 Å². The summed E-state index contributed by atoms with van der Waals surface area (Å²) < 4.78 is 10.5. The summed E-state index contributed by atoms with van der Waals surface area (Å²) in [5.41, 5.74) is 2.42. The van der Waals surface area contributed by atoms with Crippen LogP contribution in [0.15, 0.2) is 36.4 Å². The Labute approximate surface area is 156 Å². The van der Waals surface area contributed by atoms with Crippen LogP contribution in [0.25, 0.3) is 21.8 Å². The third kappa shape index (κ3) is 4.16. The number of halogens is 1. The molecule has 0 amide bonds. The van der Waals surface area contributed by atoms with Crippen molar-refractivity contribution in [2.24, 2.45) is 0 Å². The Balaban J connectivity index is 1.98. The smallest absolute Gasteiger partial charge is 0.119 e. The number of hydrogen-bond acceptors (Lipinski definition) is 6. The van der Waals surface area contributed by atoms with Gasteiger partial charge in [0.15, 0.2) is 0 Å². The molecule has 0 spiro atoms. The number of benzene rings is 2. The number of ether oxygens (including phenoxy) is 2. The van der Waals surface area contributed by atoms with E-state index in [1.807, 2.05) is 36.4 Å². The van der Waals surface area contributed by atoms with Crippen molar-refractivity contribution in [2.45, 2.75) is 6.10 Å². The highest BCUT2D eigenvalue weighted by molar-refractivity contribution is 6.31. The number of methoxy groups -OCH3 is 1. The topological polar surface area (TPSA) is 83.8 Å². The van der Waals surface area contributed by atoms with Crippen LogP contribution in [0.3, 0.4) is 0 Å². The molecule has 26 heavy (non-hydrogen) atoms. The zero-order chi connectivity index (χ0) is 18.5. The van der Waals surface area contributed by atoms with Crippen LogP contribution in [0.2, 0.25) is 5.02 Å². The maximum Gasteiger partial charge on any atom is 0.119 e. The molecule has 0 saturated heterocycles. The molecule has 3 aromatic rings. The van der Waals surface area contributed by atoms with Gasteiger partial charge in [0.25, 0.3) is 0 Å². The highest BCUT2D eigenvalue weighted by Gasteiger charge is 2.12. The Hall–Kier alpha value is -2.12. The first-order valence-corrected chi connectivity index (χ1v) is 8.67. The standard InChI is InChI=1S/C19H21ClN2O4/c1-25-14-3-5-17-16(9-14)19(21-10-13(24)11-26-7-6-23)15-4-2-12(20)8-18(15)22-17/h2-5,8-9,13,23-24H,6-7,10-11H2,1H3,(H,21,22). The second kappa shape index (κ2) is 8.51. The lowest BCUT2D eigenvalue weighted by Crippen LogP contribution is -2.25. The Morgan fingerprint density at radius 1 is 1.15 bits per heavy atom. The molecule has 3 rings (SSSR count). The van der Waals surface area contributed by atoms with Gasteiger partial charge < -0.3 is 25.0 Å². The molecule has 138 valence electrons. The summed E-state index contributed by atoms with van der Waals surface area (Å²) in [5.74, 6) is 0.725. The molecule has 1 aromatic heterocycles. The molecule has 0 radical (unpaired) electrons. The lowest BCUT2D eigenvalue weighted by atomic mass is 10.1. The lowest BCUT2D eigenvalue weighted by molar-refractivity contribution is 0.0269. The number of anilines is 1. The quantitative estimate of drug-likeness (QED) is 0.414. The molecule has 0 aliphatic carbocycles. The number of hydrogen-bond donors (Lipinski definition) is 3. The van der Waals surface area contributed by atoms with Crippen molar-refractivity contribution in [2.75, 3.05) is 38.8 Å². The van der Waals surface area contributed by atoms with Gasteiger partial charge in [-0.05, 0) is 36.4 Å². The highest BCUT2D eigenvalue weighted by atomic mass is 35.5. The summed E-state index contributed by atoms with van der Waals surface area (Å²) in [6, 6.07) is 11.2. The third-order valence-electron chi connectivity index (χ3n) is 4.00. The van der Waals surface area contributed by atoms with Crippen LogP contribution in [-0.4, -0.2) is 54.8 Å². The molecule has 7 heteroatoms. The minimum Gasteiger partial charge on any atom is -0.497 e. The van der Waals surface area contributed by atoms with E-state index in [0.29, 0.717) is 11.6 Å². The predicted molar refractivity (Wildman–Crippen MR) is 103 cm³/mol. The summed E-state index contributed by atoms with van der Waals surface area (Å²) in [7, 11) is 1.62. The van der Waals surface area contributed by atoms with Gasteiger partial charge in [-0.25, -0.2) is 4.98 Å². The van der Waals surface area contributed by atoms with Crippen molar-refractivity contribution in [3.63, 3.8) is 0 Å². The molecule has 0 aliphatic heterocycles. The summed E-state index contributed by atoms with van der Waals surface area (Å²) in [6.45, 7) is 0.567. The molecule has 0 saturated carbocycles. The summed E-state index contributed by atoms with van der Waals surface area (Å²) in [6.07, 6.45) is -0.710. The fourth-order valence-corrected chi connectivity index (χ4v) is 2.94. The van der Waals surface area contributed by atoms with Crippen LogP contribution >= 0.6 is 11.6 Å². The number of pyridine rings is 1. The second-order valence-corrected chi connectivity index (χ2v) is 6.30. The van der Waals surface area contributed by atoms with Gasteiger partial charge in [0.2, 0.25) is 0 Å². The van der Waals surface area contributed by atoms with E-state index in [-0.39, 0.29) is 19.8 Å². The van der Waals surface area contributed by atoms with E-state index in [1.165, 1.54) is 0 Å². The Morgan fingerprint density at radius 3 is 2.77 bits per heavy atom. The van der Waals surface area contributed by atoms with Crippen molar-refractivity contribution in [1.29, 1.82) is 0 Å². The van der Waals surface area contributed by atoms with Gasteiger partial charge in [-0.1, -0.05) is 11.6 Å². The summed E-state index contributed by atoms with van der Waals surface area (Å²) in [4.78, 5) is 4.67. The van der Waals surface area contributed by atoms with E-state index in [0.717, 1.165) is 33.2 Å². The number of rotatable bonds is 8. The average Bonchev–Trinajstić information content (AvgIpc) is 2.64. The summed E-state index contributed by atoms with van der Waals surface area (Å²) >= 11 is 6.11. The van der Waals surface area contributed by atoms with Crippen LogP contribution in [-0.2, 0) is 4.74 Å². The highest BCUT2D eigenvalue weighted by Crippen LogP contribution is 2.34. The minimum absolute atomic E-state index is 0.0691. The van der Waals surface area contributed by atoms with E-state index in [9.17, 15) is 5.11 Å². The molecule has 3 N–H and O–H groups in total. The lowest BCUT2D eigenvalue weighted by Gasteiger charge is -2.17. The number of aliphatic hydroxyl groups excluding tert-OH is 2. The van der Waals surface area contributed by atoms with Gasteiger partial charge in [0.05, 0.1) is 49.8 Å². The van der Waals surface area contributed by atoms with E-state index >= 15 is 0 Å². The Morgan fingerprint density at radius 2 is 2.00 bits per heavy atom. The van der Waals surface area contributed by atoms with Crippen LogP contribution in [0.4, 0.5) is 5.69 Å². The van der Waals surface area contributed by atoms with Gasteiger partial charge >= 0.3 is 0 Å². The Kier molecular flexibility index (Phi) is 6.11. The zero-order valence-corrected chi connectivity index (χ0v) is 15.2. The SMILES string of the molecule is COc1ccc2nc3cc(Cl)ccc3c(NCC(O)COCCO)c2c1. The van der Waals surface area contributed by atoms with Gasteiger partial charge in [-0.15, -0.1) is 0 Å².